The number of nitrogens with zero attached hydrogens (tertiary/aromatic N) is 3. The molecule has 3 aromatic rings. The lowest BCUT2D eigenvalue weighted by atomic mass is 10.2. The van der Waals surface area contributed by atoms with Crippen LogP contribution in [-0.2, 0) is 18.7 Å². The molecule has 0 fully saturated rings. The summed E-state index contributed by atoms with van der Waals surface area (Å²) in [4.78, 5) is 0. The van der Waals surface area contributed by atoms with Gasteiger partial charge in [0.2, 0.25) is 0 Å². The third kappa shape index (κ3) is 5.43. The summed E-state index contributed by atoms with van der Waals surface area (Å²) in [6.45, 7) is 5.57. The van der Waals surface area contributed by atoms with E-state index in [0.717, 1.165) is 63.0 Å². The minimum absolute atomic E-state index is 0.626. The van der Waals surface area contributed by atoms with Gasteiger partial charge in [-0.2, -0.15) is 0 Å². The maximum atomic E-state index is 6.25. The van der Waals surface area contributed by atoms with Crippen LogP contribution >= 0.6 is 35.0 Å². The van der Waals surface area contributed by atoms with Crippen molar-refractivity contribution < 1.29 is 4.74 Å². The molecule has 0 radical (unpaired) electrons. The lowest BCUT2D eigenvalue weighted by Gasteiger charge is -2.10. The van der Waals surface area contributed by atoms with Gasteiger partial charge in [0.15, 0.2) is 5.16 Å². The van der Waals surface area contributed by atoms with E-state index in [0.29, 0.717) is 6.61 Å². The standard InChI is InChI=1S/C21H23Cl2N3OS/c1-3-26-20(9-6-12-27-19-11-10-17(22)13-15(19)2)24-25-21(26)28-14-16-7-4-5-8-18(16)23/h4-5,7-8,10-11,13H,3,6,9,12,14H2,1-2H3. The van der Waals surface area contributed by atoms with Crippen molar-refractivity contribution in [2.45, 2.75) is 44.1 Å². The van der Waals surface area contributed by atoms with Crippen LogP contribution < -0.4 is 4.74 Å². The van der Waals surface area contributed by atoms with Gasteiger partial charge in [0.05, 0.1) is 6.61 Å². The third-order valence-electron chi connectivity index (χ3n) is 4.36. The first-order valence-electron chi connectivity index (χ1n) is 9.25. The molecule has 4 nitrogen and oxygen atoms in total. The molecule has 0 aliphatic heterocycles. The van der Waals surface area contributed by atoms with Gasteiger partial charge in [-0.25, -0.2) is 0 Å². The summed E-state index contributed by atoms with van der Waals surface area (Å²) < 4.78 is 8.04. The zero-order chi connectivity index (χ0) is 19.9. The van der Waals surface area contributed by atoms with Crippen LogP contribution in [0.3, 0.4) is 0 Å². The van der Waals surface area contributed by atoms with Gasteiger partial charge >= 0.3 is 0 Å². The number of aryl methyl sites for hydroxylation is 2. The second-order valence-electron chi connectivity index (χ2n) is 6.38. The van der Waals surface area contributed by atoms with Crippen molar-refractivity contribution in [1.82, 2.24) is 14.8 Å². The maximum Gasteiger partial charge on any atom is 0.191 e. The summed E-state index contributed by atoms with van der Waals surface area (Å²) in [5.74, 6) is 2.63. The SMILES string of the molecule is CCn1c(CCCOc2ccc(Cl)cc2C)nnc1SCc1ccccc1Cl. The van der Waals surface area contributed by atoms with E-state index in [9.17, 15) is 0 Å². The van der Waals surface area contributed by atoms with Crippen molar-refractivity contribution in [2.75, 3.05) is 6.61 Å². The van der Waals surface area contributed by atoms with Crippen molar-refractivity contribution in [3.63, 3.8) is 0 Å². The fourth-order valence-corrected chi connectivity index (χ4v) is 4.41. The van der Waals surface area contributed by atoms with Gasteiger partial charge in [-0.1, -0.05) is 53.2 Å². The number of thioether (sulfide) groups is 1. The van der Waals surface area contributed by atoms with E-state index in [1.54, 1.807) is 11.8 Å². The highest BCUT2D eigenvalue weighted by atomic mass is 35.5. The number of hydrogen-bond donors (Lipinski definition) is 0. The van der Waals surface area contributed by atoms with Gasteiger partial charge in [-0.15, -0.1) is 10.2 Å². The van der Waals surface area contributed by atoms with E-state index >= 15 is 0 Å². The zero-order valence-electron chi connectivity index (χ0n) is 16.0. The molecule has 0 saturated carbocycles. The fourth-order valence-electron chi connectivity index (χ4n) is 2.87. The minimum Gasteiger partial charge on any atom is -0.493 e. The topological polar surface area (TPSA) is 39.9 Å². The number of hydrogen-bond acceptors (Lipinski definition) is 4. The molecular formula is C21H23Cl2N3OS. The Kier molecular flexibility index (Phi) is 7.65. The van der Waals surface area contributed by atoms with E-state index in [4.69, 9.17) is 27.9 Å². The number of rotatable bonds is 9. The molecule has 148 valence electrons. The fraction of sp³-hybridized carbons (Fsp3) is 0.333. The Labute approximate surface area is 180 Å². The van der Waals surface area contributed by atoms with Gasteiger partial charge in [-0.05, 0) is 55.7 Å². The van der Waals surface area contributed by atoms with E-state index in [2.05, 4.69) is 21.7 Å². The Bertz CT molecular complexity index is 930. The normalized spacial score (nSPS) is 11.0. The van der Waals surface area contributed by atoms with Crippen LogP contribution in [-0.4, -0.2) is 21.4 Å². The Morgan fingerprint density at radius 3 is 2.68 bits per heavy atom. The molecular weight excluding hydrogens is 413 g/mol. The zero-order valence-corrected chi connectivity index (χ0v) is 18.3. The molecule has 0 amide bonds. The molecule has 1 aromatic heterocycles. The summed E-state index contributed by atoms with van der Waals surface area (Å²) in [6, 6.07) is 13.6. The average molecular weight is 436 g/mol. The molecule has 0 aliphatic rings. The molecule has 0 N–H and O–H groups in total. The Hall–Kier alpha value is -1.69. The van der Waals surface area contributed by atoms with Gasteiger partial charge in [0, 0.05) is 28.8 Å². The van der Waals surface area contributed by atoms with Gasteiger partial charge in [-0.3, -0.25) is 0 Å². The summed E-state index contributed by atoms with van der Waals surface area (Å²) in [5.41, 5.74) is 2.15. The number of aromatic nitrogens is 3. The Morgan fingerprint density at radius 2 is 1.93 bits per heavy atom. The highest BCUT2D eigenvalue weighted by Crippen LogP contribution is 2.26. The van der Waals surface area contributed by atoms with E-state index < -0.39 is 0 Å². The molecule has 0 atom stereocenters. The van der Waals surface area contributed by atoms with Crippen molar-refractivity contribution >= 4 is 35.0 Å². The summed E-state index contributed by atoms with van der Waals surface area (Å²) in [5, 5.41) is 11.2. The summed E-state index contributed by atoms with van der Waals surface area (Å²) in [7, 11) is 0. The number of halogens is 2. The van der Waals surface area contributed by atoms with Crippen molar-refractivity contribution in [3.05, 3.63) is 69.5 Å². The average Bonchev–Trinajstić information content (AvgIpc) is 3.07. The van der Waals surface area contributed by atoms with Gasteiger partial charge in [0.1, 0.15) is 11.6 Å². The molecule has 28 heavy (non-hydrogen) atoms. The maximum absolute atomic E-state index is 6.25. The van der Waals surface area contributed by atoms with Gasteiger partial charge in [0.25, 0.3) is 0 Å². The van der Waals surface area contributed by atoms with Crippen molar-refractivity contribution in [1.29, 1.82) is 0 Å². The second kappa shape index (κ2) is 10.2. The van der Waals surface area contributed by atoms with E-state index in [1.165, 1.54) is 0 Å². The third-order valence-corrected chi connectivity index (χ3v) is 5.98. The van der Waals surface area contributed by atoms with E-state index in [-0.39, 0.29) is 0 Å². The van der Waals surface area contributed by atoms with Crippen LogP contribution in [0.2, 0.25) is 10.0 Å². The molecule has 0 aliphatic carbocycles. The Balaban J connectivity index is 1.54. The number of benzene rings is 2. The minimum atomic E-state index is 0.626. The summed E-state index contributed by atoms with van der Waals surface area (Å²) in [6.07, 6.45) is 1.69. The first-order chi connectivity index (χ1) is 13.6. The number of ether oxygens (including phenoxy) is 1. The largest absolute Gasteiger partial charge is 0.493 e. The molecule has 0 bridgehead atoms. The molecule has 0 spiro atoms. The molecule has 2 aromatic carbocycles. The van der Waals surface area contributed by atoms with Crippen LogP contribution in [0.1, 0.15) is 30.3 Å². The summed E-state index contributed by atoms with van der Waals surface area (Å²) >= 11 is 13.9. The smallest absolute Gasteiger partial charge is 0.191 e. The van der Waals surface area contributed by atoms with Crippen LogP contribution in [0.4, 0.5) is 0 Å². The Morgan fingerprint density at radius 1 is 1.11 bits per heavy atom. The quantitative estimate of drug-likeness (QED) is 0.295. The van der Waals surface area contributed by atoms with Crippen molar-refractivity contribution in [2.24, 2.45) is 0 Å². The molecule has 3 rings (SSSR count). The molecule has 7 heteroatoms. The van der Waals surface area contributed by atoms with E-state index in [1.807, 2.05) is 49.4 Å². The van der Waals surface area contributed by atoms with Crippen LogP contribution in [0.25, 0.3) is 0 Å². The van der Waals surface area contributed by atoms with Crippen LogP contribution in [0.5, 0.6) is 5.75 Å². The molecule has 0 unspecified atom stereocenters. The predicted molar refractivity (Wildman–Crippen MR) is 117 cm³/mol. The second-order valence-corrected chi connectivity index (χ2v) is 8.17. The first kappa shape index (κ1) is 21.0. The molecule has 1 heterocycles. The highest BCUT2D eigenvalue weighted by Gasteiger charge is 2.12. The first-order valence-corrected chi connectivity index (χ1v) is 11.0. The molecule has 0 saturated heterocycles. The van der Waals surface area contributed by atoms with Crippen LogP contribution in [0.15, 0.2) is 47.6 Å². The predicted octanol–water partition coefficient (Wildman–Crippen LogP) is 6.22. The lowest BCUT2D eigenvalue weighted by molar-refractivity contribution is 0.307. The monoisotopic (exact) mass is 435 g/mol. The lowest BCUT2D eigenvalue weighted by Crippen LogP contribution is -2.06. The highest BCUT2D eigenvalue weighted by molar-refractivity contribution is 7.98. The van der Waals surface area contributed by atoms with Crippen molar-refractivity contribution in [3.8, 4) is 5.75 Å². The van der Waals surface area contributed by atoms with Gasteiger partial charge < -0.3 is 9.30 Å². The van der Waals surface area contributed by atoms with Crippen LogP contribution in [0, 0.1) is 6.92 Å².